The number of nitrogens with two attached hydrogens (primary N) is 1. The van der Waals surface area contributed by atoms with E-state index in [9.17, 15) is 48.6 Å². The smallest absolute Gasteiger partial charge is 0.326 e. The van der Waals surface area contributed by atoms with Crippen LogP contribution in [0.15, 0.2) is 43.0 Å². The second kappa shape index (κ2) is 28.5. The molecule has 0 aliphatic carbocycles. The maximum Gasteiger partial charge on any atom is 0.326 e. The van der Waals surface area contributed by atoms with Crippen LogP contribution in [-0.4, -0.2) is 141 Å². The van der Waals surface area contributed by atoms with Crippen LogP contribution >= 0.6 is 0 Å². The molecule has 0 saturated carbocycles. The molecule has 0 radical (unpaired) electrons. The summed E-state index contributed by atoms with van der Waals surface area (Å²) >= 11 is 0. The van der Waals surface area contributed by atoms with E-state index in [1.54, 1.807) is 33.9 Å². The minimum absolute atomic E-state index is 0.0697. The highest BCUT2D eigenvalue weighted by molar-refractivity contribution is 5.98. The number of rotatable bonds is 30. The molecule has 0 unspecified atom stereocenters. The maximum absolute atomic E-state index is 14.2. The summed E-state index contributed by atoms with van der Waals surface area (Å²) in [5.74, 6) is -6.62. The first kappa shape index (κ1) is 57.2. The molecule has 4 rings (SSSR count). The van der Waals surface area contributed by atoms with Gasteiger partial charge in [-0.3, -0.25) is 33.6 Å². The number of carbonyl (C=O) groups is 8. The summed E-state index contributed by atoms with van der Waals surface area (Å²) in [5, 5.41) is 43.0. The number of aliphatic hydroxyl groups excluding tert-OH is 1. The number of aliphatic carboxylic acids is 1. The lowest BCUT2D eigenvalue weighted by Gasteiger charge is -2.28. The number of unbranched alkanes of at least 4 members (excludes halogenated alkanes) is 1. The third-order valence-electron chi connectivity index (χ3n) is 12.1. The Kier molecular flexibility index (Phi) is 22.9. The number of fused-ring (bicyclic) bond motifs is 1. The monoisotopic (exact) mass is 993 g/mol. The van der Waals surface area contributed by atoms with Crippen molar-refractivity contribution < 1.29 is 48.6 Å². The lowest BCUT2D eigenvalue weighted by Crippen LogP contribution is -2.61. The van der Waals surface area contributed by atoms with Crippen LogP contribution in [-0.2, 0) is 51.2 Å². The van der Waals surface area contributed by atoms with E-state index >= 15 is 0 Å². The number of carboxylic acids is 1. The van der Waals surface area contributed by atoms with Gasteiger partial charge in [0, 0.05) is 41.8 Å². The minimum atomic E-state index is -1.60. The van der Waals surface area contributed by atoms with Crippen LogP contribution in [0.3, 0.4) is 0 Å². The molecule has 0 spiro atoms. The maximum atomic E-state index is 14.2. The Balaban J connectivity index is 1.51. The number of hydrogen-bond acceptors (Lipinski definition) is 12. The van der Waals surface area contributed by atoms with Gasteiger partial charge in [-0.2, -0.15) is 0 Å². The van der Waals surface area contributed by atoms with E-state index in [-0.39, 0.29) is 62.2 Å². The lowest BCUT2D eigenvalue weighted by atomic mass is 10.00. The number of nitrogens with one attached hydrogen (secondary N) is 10. The molecule has 1 aliphatic rings. The van der Waals surface area contributed by atoms with Crippen LogP contribution < -0.4 is 48.3 Å². The number of para-hydroxylation sites is 1. The Morgan fingerprint density at radius 1 is 0.662 bits per heavy atom. The van der Waals surface area contributed by atoms with E-state index in [0.29, 0.717) is 38.0 Å². The zero-order chi connectivity index (χ0) is 52.2. The van der Waals surface area contributed by atoms with E-state index in [2.05, 4.69) is 57.5 Å². The Hall–Kier alpha value is -6.39. The van der Waals surface area contributed by atoms with Crippen LogP contribution in [0.4, 0.5) is 0 Å². The molecular formula is C49H76N12O10. The van der Waals surface area contributed by atoms with Gasteiger partial charge in [-0.15, -0.1) is 0 Å². The van der Waals surface area contributed by atoms with Gasteiger partial charge in [-0.05, 0) is 93.8 Å². The van der Waals surface area contributed by atoms with Crippen LogP contribution in [0, 0.1) is 17.8 Å². The number of carboxylic acid groups (broad SMARTS) is 1. The Bertz CT molecular complexity index is 2230. The van der Waals surface area contributed by atoms with Crippen molar-refractivity contribution in [1.82, 2.24) is 57.5 Å². The van der Waals surface area contributed by atoms with Crippen molar-refractivity contribution >= 4 is 58.2 Å². The van der Waals surface area contributed by atoms with Crippen molar-refractivity contribution in [2.24, 2.45) is 23.5 Å². The molecule has 71 heavy (non-hydrogen) atoms. The summed E-state index contributed by atoms with van der Waals surface area (Å²) in [7, 11) is 0. The first-order chi connectivity index (χ1) is 33.8. The van der Waals surface area contributed by atoms with Gasteiger partial charge in [0.1, 0.15) is 42.3 Å². The van der Waals surface area contributed by atoms with E-state index in [1.807, 2.05) is 38.1 Å². The fourth-order valence-electron chi connectivity index (χ4n) is 8.42. The van der Waals surface area contributed by atoms with E-state index < -0.39 is 96.4 Å². The number of imidazole rings is 1. The van der Waals surface area contributed by atoms with Gasteiger partial charge in [0.15, 0.2) is 0 Å². The lowest BCUT2D eigenvalue weighted by molar-refractivity contribution is -0.142. The van der Waals surface area contributed by atoms with Gasteiger partial charge in [0.2, 0.25) is 41.4 Å². The highest BCUT2D eigenvalue weighted by Crippen LogP contribution is 2.20. The summed E-state index contributed by atoms with van der Waals surface area (Å²) in [4.78, 5) is 119. The van der Waals surface area contributed by atoms with Gasteiger partial charge in [-0.25, -0.2) is 9.78 Å². The molecule has 392 valence electrons. The molecule has 7 amide bonds. The first-order valence-corrected chi connectivity index (χ1v) is 24.7. The van der Waals surface area contributed by atoms with Crippen LogP contribution in [0.5, 0.6) is 0 Å². The third kappa shape index (κ3) is 18.4. The van der Waals surface area contributed by atoms with Gasteiger partial charge in [0.25, 0.3) is 0 Å². The number of benzene rings is 1. The molecule has 1 saturated heterocycles. The van der Waals surface area contributed by atoms with Gasteiger partial charge < -0.3 is 68.4 Å². The molecule has 0 bridgehead atoms. The van der Waals surface area contributed by atoms with Crippen LogP contribution in [0.2, 0.25) is 0 Å². The van der Waals surface area contributed by atoms with Crippen molar-refractivity contribution in [2.45, 2.75) is 154 Å². The standard InChI is InChI=1S/C49H76N12O10/c1-27(2)18-36(44(65)59-39(22-31-24-51-26-54-31)47(68)60-40(49(70)71)20-29(5)6)57-48(69)41(25-62)61-45(66)37(19-28(3)4)56-43(64)35(14-9-10-16-50)55-46(67)38(58-42(63)34-15-11-17-52-34)21-30-23-53-33-13-8-7-12-32(30)33/h7-8,12-13,23-24,26-29,34-41,52-53,62H,9-11,14-22,25,50H2,1-6H3,(H,51,54)(H,55,67)(H,56,64)(H,57,69)(H,58,63)(H,59,65)(H,60,68)(H,61,66)(H,70,71)/t34-,35-,36-,37-,38-,39-,40-,41-/m0/s1. The zero-order valence-corrected chi connectivity index (χ0v) is 41.8. The fourth-order valence-corrected chi connectivity index (χ4v) is 8.42. The normalized spacial score (nSPS) is 16.6. The quantitative estimate of drug-likeness (QED) is 0.0397. The summed E-state index contributed by atoms with van der Waals surface area (Å²) in [5.41, 5.74) is 7.89. The minimum Gasteiger partial charge on any atom is -0.480 e. The Morgan fingerprint density at radius 2 is 1.18 bits per heavy atom. The molecule has 2 aromatic heterocycles. The highest BCUT2D eigenvalue weighted by atomic mass is 16.4. The number of hydrogen-bond donors (Lipinski definition) is 13. The highest BCUT2D eigenvalue weighted by Gasteiger charge is 2.36. The SMILES string of the molecule is CC(C)C[C@H](NC(=O)[C@H](Cc1cnc[nH]1)NC(=O)[C@H](CC(C)C)NC(=O)[C@H](CO)NC(=O)[C@H](CC(C)C)NC(=O)[C@H](CCCCN)NC(=O)[C@H](Cc1c[nH]c2ccccc12)NC(=O)[C@@H]1CCCN1)C(=O)O. The number of aromatic amines is 2. The van der Waals surface area contributed by atoms with Gasteiger partial charge in [-0.1, -0.05) is 59.7 Å². The molecule has 3 heterocycles. The molecule has 1 aromatic carbocycles. The summed E-state index contributed by atoms with van der Waals surface area (Å²) in [6.45, 7) is 10.9. The molecule has 22 nitrogen and oxygen atoms in total. The van der Waals surface area contributed by atoms with Crippen molar-refractivity contribution in [3.8, 4) is 0 Å². The predicted molar refractivity (Wildman–Crippen MR) is 265 cm³/mol. The topological polar surface area (TPSA) is 344 Å². The predicted octanol–water partition coefficient (Wildman–Crippen LogP) is 0.166. The molecule has 3 aromatic rings. The molecule has 22 heteroatoms. The zero-order valence-electron chi connectivity index (χ0n) is 41.8. The van der Waals surface area contributed by atoms with E-state index in [4.69, 9.17) is 5.73 Å². The molecule has 8 atom stereocenters. The second-order valence-corrected chi connectivity index (χ2v) is 19.6. The summed E-state index contributed by atoms with van der Waals surface area (Å²) in [6.07, 6.45) is 7.44. The van der Waals surface area contributed by atoms with Crippen molar-refractivity contribution in [3.63, 3.8) is 0 Å². The van der Waals surface area contributed by atoms with Gasteiger partial charge >= 0.3 is 5.97 Å². The molecule has 14 N–H and O–H groups in total. The molecule has 1 fully saturated rings. The van der Waals surface area contributed by atoms with Crippen molar-refractivity contribution in [2.75, 3.05) is 19.7 Å². The summed E-state index contributed by atoms with van der Waals surface area (Å²) in [6, 6.07) is -1.83. The first-order valence-electron chi connectivity index (χ1n) is 24.7. The Morgan fingerprint density at radius 3 is 1.73 bits per heavy atom. The second-order valence-electron chi connectivity index (χ2n) is 19.6. The van der Waals surface area contributed by atoms with Gasteiger partial charge in [0.05, 0.1) is 19.0 Å². The number of carbonyl (C=O) groups excluding carboxylic acids is 7. The van der Waals surface area contributed by atoms with E-state index in [1.165, 1.54) is 12.5 Å². The Labute approximate surface area is 414 Å². The van der Waals surface area contributed by atoms with Crippen molar-refractivity contribution in [1.29, 1.82) is 0 Å². The fraction of sp³-hybridized carbons (Fsp3) is 0.612. The van der Waals surface area contributed by atoms with Crippen molar-refractivity contribution in [3.05, 3.63) is 54.2 Å². The third-order valence-corrected chi connectivity index (χ3v) is 12.1. The average Bonchev–Trinajstić information content (AvgIpc) is 4.13. The number of amides is 7. The van der Waals surface area contributed by atoms with E-state index in [0.717, 1.165) is 22.9 Å². The number of aromatic nitrogens is 3. The van der Waals surface area contributed by atoms with Crippen LogP contribution in [0.25, 0.3) is 10.9 Å². The number of aliphatic hydroxyl groups is 1. The molecule has 1 aliphatic heterocycles. The average molecular weight is 993 g/mol. The largest absolute Gasteiger partial charge is 0.480 e. The molecular weight excluding hydrogens is 917 g/mol. The van der Waals surface area contributed by atoms with Crippen LogP contribution in [0.1, 0.15) is 104 Å². The number of H-pyrrole nitrogens is 2. The number of nitrogens with zero attached hydrogens (tertiary/aromatic N) is 1. The summed E-state index contributed by atoms with van der Waals surface area (Å²) < 4.78 is 0.